The highest BCUT2D eigenvalue weighted by atomic mass is 32.1. The summed E-state index contributed by atoms with van der Waals surface area (Å²) in [5.74, 6) is 0. The monoisotopic (exact) mass is 264 g/mol. The van der Waals surface area contributed by atoms with Crippen LogP contribution in [0.15, 0.2) is 48.8 Å². The minimum Gasteiger partial charge on any atom is -0.217 e. The Morgan fingerprint density at radius 1 is 1.21 bits per heavy atom. The van der Waals surface area contributed by atoms with Crippen LogP contribution < -0.4 is 4.57 Å². The van der Waals surface area contributed by atoms with Gasteiger partial charge in [-0.2, -0.15) is 4.40 Å². The van der Waals surface area contributed by atoms with Crippen LogP contribution in [0.25, 0.3) is 26.6 Å². The topological polar surface area (TPSA) is 21.2 Å². The molecule has 0 amide bonds. The van der Waals surface area contributed by atoms with Gasteiger partial charge >= 0.3 is 5.65 Å². The first kappa shape index (κ1) is 9.69. The third-order valence-corrected chi connectivity index (χ3v) is 4.92. The molecule has 4 aromatic rings. The number of nitrogens with zero attached hydrogens (tertiary/aromatic N) is 3. The number of rotatable bonds is 0. The van der Waals surface area contributed by atoms with E-state index < -0.39 is 0 Å². The van der Waals surface area contributed by atoms with Crippen molar-refractivity contribution in [1.29, 1.82) is 0 Å². The second-order valence-electron chi connectivity index (χ2n) is 4.83. The van der Waals surface area contributed by atoms with Crippen LogP contribution in [0.1, 0.15) is 5.56 Å². The second kappa shape index (κ2) is 3.22. The molecule has 0 spiro atoms. The highest BCUT2D eigenvalue weighted by Crippen LogP contribution is 2.36. The van der Waals surface area contributed by atoms with Crippen molar-refractivity contribution in [2.45, 2.75) is 6.54 Å². The van der Waals surface area contributed by atoms with E-state index in [0.29, 0.717) is 0 Å². The molecule has 0 unspecified atom stereocenters. The first-order chi connectivity index (χ1) is 9.42. The first-order valence-corrected chi connectivity index (χ1v) is 7.10. The molecule has 4 heteroatoms. The predicted molar refractivity (Wildman–Crippen MR) is 75.3 cm³/mol. The normalized spacial score (nSPS) is 13.1. The van der Waals surface area contributed by atoms with Crippen LogP contribution in [0.4, 0.5) is 0 Å². The summed E-state index contributed by atoms with van der Waals surface area (Å²) in [6.07, 6.45) is 3.94. The number of thiazole rings is 1. The molecule has 1 aromatic carbocycles. The van der Waals surface area contributed by atoms with Crippen molar-refractivity contribution in [2.75, 3.05) is 0 Å². The maximum Gasteiger partial charge on any atom is 0.307 e. The highest BCUT2D eigenvalue weighted by Gasteiger charge is 2.30. The standard InChI is InChI=1S/C15H10N3S/c1-2-5-11-10(4-1)9-18-14-12(19-15(11)18)8-13-16-6-3-7-17(13)14/h1-8H,9H2/q+1. The van der Waals surface area contributed by atoms with E-state index in [0.717, 1.165) is 12.2 Å². The smallest absolute Gasteiger partial charge is 0.217 e. The average Bonchev–Trinajstić information content (AvgIpc) is 3.05. The fourth-order valence-electron chi connectivity index (χ4n) is 2.95. The number of fused-ring (bicyclic) bond motifs is 7. The van der Waals surface area contributed by atoms with Gasteiger partial charge < -0.3 is 0 Å². The molecule has 3 aromatic heterocycles. The Bertz CT molecular complexity index is 949. The van der Waals surface area contributed by atoms with Gasteiger partial charge in [0.25, 0.3) is 0 Å². The Balaban J connectivity index is 1.94. The minimum atomic E-state index is 0.965. The lowest BCUT2D eigenvalue weighted by molar-refractivity contribution is -0.644. The SMILES string of the molecule is c1ccc2c(c1)C[n+]1c-2sc2cc3ncccn3c21. The van der Waals surface area contributed by atoms with Crippen molar-refractivity contribution in [3.8, 4) is 10.6 Å². The van der Waals surface area contributed by atoms with E-state index in [1.165, 1.54) is 26.5 Å². The molecule has 0 atom stereocenters. The highest BCUT2D eigenvalue weighted by molar-refractivity contribution is 7.21. The largest absolute Gasteiger partial charge is 0.307 e. The van der Waals surface area contributed by atoms with Gasteiger partial charge in [-0.1, -0.05) is 29.5 Å². The number of hydrogen-bond donors (Lipinski definition) is 0. The van der Waals surface area contributed by atoms with Crippen molar-refractivity contribution >= 4 is 27.3 Å². The Labute approximate surface area is 113 Å². The Kier molecular flexibility index (Phi) is 1.64. The third-order valence-electron chi connectivity index (χ3n) is 3.77. The fourth-order valence-corrected chi connectivity index (χ4v) is 4.19. The van der Waals surface area contributed by atoms with Gasteiger partial charge in [0.05, 0.1) is 6.20 Å². The molecule has 90 valence electrons. The van der Waals surface area contributed by atoms with Crippen LogP contribution >= 0.6 is 11.3 Å². The van der Waals surface area contributed by atoms with Crippen LogP contribution in [0, 0.1) is 0 Å². The van der Waals surface area contributed by atoms with Crippen molar-refractivity contribution in [3.63, 3.8) is 0 Å². The van der Waals surface area contributed by atoms with Gasteiger partial charge in [-0.25, -0.2) is 9.55 Å². The van der Waals surface area contributed by atoms with E-state index in [1.54, 1.807) is 0 Å². The van der Waals surface area contributed by atoms with Crippen LogP contribution in [0.2, 0.25) is 0 Å². The average molecular weight is 264 g/mol. The molecule has 0 fully saturated rings. The molecule has 19 heavy (non-hydrogen) atoms. The van der Waals surface area contributed by atoms with Crippen molar-refractivity contribution < 1.29 is 4.57 Å². The van der Waals surface area contributed by atoms with E-state index in [4.69, 9.17) is 0 Å². The fraction of sp³-hybridized carbons (Fsp3) is 0.0667. The lowest BCUT2D eigenvalue weighted by Gasteiger charge is -1.92. The summed E-state index contributed by atoms with van der Waals surface area (Å²) in [5.41, 5.74) is 5.07. The zero-order valence-electron chi connectivity index (χ0n) is 10.1. The van der Waals surface area contributed by atoms with Crippen molar-refractivity contribution in [3.05, 3.63) is 54.4 Å². The molecule has 1 aliphatic heterocycles. The van der Waals surface area contributed by atoms with Crippen LogP contribution in [0.3, 0.4) is 0 Å². The van der Waals surface area contributed by atoms with Crippen LogP contribution in [-0.4, -0.2) is 9.38 Å². The molecule has 4 heterocycles. The molecule has 0 saturated carbocycles. The van der Waals surface area contributed by atoms with Crippen molar-refractivity contribution in [2.24, 2.45) is 0 Å². The summed E-state index contributed by atoms with van der Waals surface area (Å²) in [7, 11) is 0. The quantitative estimate of drug-likeness (QED) is 0.394. The third kappa shape index (κ3) is 1.12. The van der Waals surface area contributed by atoms with Gasteiger partial charge in [-0.15, -0.1) is 0 Å². The molecule has 1 aliphatic rings. The molecular weight excluding hydrogens is 254 g/mol. The van der Waals surface area contributed by atoms with Crippen LogP contribution in [-0.2, 0) is 6.54 Å². The van der Waals surface area contributed by atoms with Crippen molar-refractivity contribution in [1.82, 2.24) is 9.38 Å². The molecule has 0 N–H and O–H groups in total. The zero-order valence-corrected chi connectivity index (χ0v) is 10.9. The summed E-state index contributed by atoms with van der Waals surface area (Å²) in [6, 6.07) is 12.8. The Hall–Kier alpha value is -2.20. The summed E-state index contributed by atoms with van der Waals surface area (Å²) < 4.78 is 5.89. The van der Waals surface area contributed by atoms with E-state index in [-0.39, 0.29) is 0 Å². The number of aromatic nitrogens is 3. The lowest BCUT2D eigenvalue weighted by atomic mass is 10.1. The van der Waals surface area contributed by atoms with E-state index in [9.17, 15) is 0 Å². The Morgan fingerprint density at radius 2 is 2.16 bits per heavy atom. The lowest BCUT2D eigenvalue weighted by Crippen LogP contribution is -2.31. The van der Waals surface area contributed by atoms with Gasteiger partial charge in [0.15, 0.2) is 5.01 Å². The molecular formula is C15H10N3S+. The summed E-state index contributed by atoms with van der Waals surface area (Å²) in [6.45, 7) is 0.965. The first-order valence-electron chi connectivity index (χ1n) is 6.28. The molecule has 0 bridgehead atoms. The molecule has 5 rings (SSSR count). The molecule has 0 saturated heterocycles. The predicted octanol–water partition coefficient (Wildman–Crippen LogP) is 2.87. The maximum atomic E-state index is 4.42. The van der Waals surface area contributed by atoms with E-state index in [1.807, 2.05) is 23.6 Å². The molecule has 3 nitrogen and oxygen atoms in total. The van der Waals surface area contributed by atoms with E-state index in [2.05, 4.69) is 50.5 Å². The number of benzene rings is 1. The Morgan fingerprint density at radius 3 is 3.16 bits per heavy atom. The summed E-state index contributed by atoms with van der Waals surface area (Å²) >= 11 is 1.86. The van der Waals surface area contributed by atoms with Gasteiger partial charge in [0, 0.05) is 23.4 Å². The zero-order chi connectivity index (χ0) is 12.4. The summed E-state index contributed by atoms with van der Waals surface area (Å²) in [5, 5.41) is 1.36. The van der Waals surface area contributed by atoms with Gasteiger partial charge in [-0.3, -0.25) is 0 Å². The van der Waals surface area contributed by atoms with E-state index >= 15 is 0 Å². The summed E-state index contributed by atoms with van der Waals surface area (Å²) in [4.78, 5) is 4.42. The number of hydrogen-bond acceptors (Lipinski definition) is 2. The minimum absolute atomic E-state index is 0.965. The van der Waals surface area contributed by atoms with Crippen LogP contribution in [0.5, 0.6) is 0 Å². The van der Waals surface area contributed by atoms with Gasteiger partial charge in [0.2, 0.25) is 5.65 Å². The van der Waals surface area contributed by atoms with Gasteiger partial charge in [0.1, 0.15) is 11.2 Å². The van der Waals surface area contributed by atoms with Gasteiger partial charge in [-0.05, 0) is 12.1 Å². The second-order valence-corrected chi connectivity index (χ2v) is 5.86. The molecule has 0 radical (unpaired) electrons. The maximum absolute atomic E-state index is 4.42. The molecule has 0 aliphatic carbocycles.